The van der Waals surface area contributed by atoms with Gasteiger partial charge < -0.3 is 19.7 Å². The minimum absolute atomic E-state index is 0.119. The summed E-state index contributed by atoms with van der Waals surface area (Å²) in [5.41, 5.74) is 0. The third kappa shape index (κ3) is 5.49. The predicted molar refractivity (Wildman–Crippen MR) is 79.3 cm³/mol. The van der Waals surface area contributed by atoms with E-state index in [0.29, 0.717) is 5.76 Å². The summed E-state index contributed by atoms with van der Waals surface area (Å²) in [5.74, 6) is -0.808. The van der Waals surface area contributed by atoms with Crippen LogP contribution in [0, 0.1) is 0 Å². The van der Waals surface area contributed by atoms with Gasteiger partial charge in [-0.3, -0.25) is 0 Å². The summed E-state index contributed by atoms with van der Waals surface area (Å²) in [6, 6.07) is 2.90. The van der Waals surface area contributed by atoms with Crippen molar-refractivity contribution in [1.29, 1.82) is 0 Å². The Morgan fingerprint density at radius 1 is 1.33 bits per heavy atom. The van der Waals surface area contributed by atoms with Crippen molar-refractivity contribution in [3.05, 3.63) is 23.7 Å². The van der Waals surface area contributed by atoms with Crippen molar-refractivity contribution in [2.24, 2.45) is 0 Å². The number of carboxylic acids is 1. The van der Waals surface area contributed by atoms with Gasteiger partial charge >= 0.3 is 12.0 Å². The second kappa shape index (κ2) is 8.34. The number of nitrogens with zero attached hydrogens (tertiary/aromatic N) is 1. The van der Waals surface area contributed by atoms with Crippen LogP contribution in [-0.4, -0.2) is 34.6 Å². The maximum absolute atomic E-state index is 12.1. The van der Waals surface area contributed by atoms with Crippen LogP contribution in [0.5, 0.6) is 0 Å². The number of unbranched alkanes of at least 4 members (excludes halogenated alkanes) is 2. The summed E-state index contributed by atoms with van der Waals surface area (Å²) in [5, 5.41) is 11.5. The second-order valence-electron chi connectivity index (χ2n) is 5.22. The SMILES string of the molecule is CCCCCN(C(=O)NCc1ccc(C(=O)O)o1)C(C)C. The first kappa shape index (κ1) is 17.1. The Bertz CT molecular complexity index is 468. The highest BCUT2D eigenvalue weighted by atomic mass is 16.4. The van der Waals surface area contributed by atoms with Gasteiger partial charge in [-0.15, -0.1) is 0 Å². The van der Waals surface area contributed by atoms with E-state index < -0.39 is 5.97 Å². The van der Waals surface area contributed by atoms with Gasteiger partial charge in [0.15, 0.2) is 0 Å². The van der Waals surface area contributed by atoms with E-state index in [1.165, 1.54) is 6.07 Å². The molecule has 0 unspecified atom stereocenters. The normalized spacial score (nSPS) is 10.7. The summed E-state index contributed by atoms with van der Waals surface area (Å²) in [4.78, 5) is 24.6. The van der Waals surface area contributed by atoms with E-state index in [9.17, 15) is 9.59 Å². The molecule has 21 heavy (non-hydrogen) atoms. The molecule has 0 aliphatic rings. The number of furan rings is 1. The predicted octanol–water partition coefficient (Wildman–Crippen LogP) is 3.09. The fourth-order valence-electron chi connectivity index (χ4n) is 1.98. The van der Waals surface area contributed by atoms with E-state index in [0.717, 1.165) is 25.8 Å². The lowest BCUT2D eigenvalue weighted by molar-refractivity contribution is 0.0660. The molecule has 0 saturated heterocycles. The lowest BCUT2D eigenvalue weighted by Gasteiger charge is -2.26. The third-order valence-corrected chi connectivity index (χ3v) is 3.17. The van der Waals surface area contributed by atoms with Crippen LogP contribution in [0.25, 0.3) is 0 Å². The largest absolute Gasteiger partial charge is 0.475 e. The monoisotopic (exact) mass is 296 g/mol. The van der Waals surface area contributed by atoms with E-state index in [1.807, 2.05) is 13.8 Å². The van der Waals surface area contributed by atoms with Crippen LogP contribution < -0.4 is 5.32 Å². The Balaban J connectivity index is 2.50. The van der Waals surface area contributed by atoms with E-state index in [-0.39, 0.29) is 24.4 Å². The first-order chi connectivity index (χ1) is 9.95. The zero-order chi connectivity index (χ0) is 15.8. The molecule has 0 bridgehead atoms. The topological polar surface area (TPSA) is 82.8 Å². The van der Waals surface area contributed by atoms with Crippen molar-refractivity contribution < 1.29 is 19.1 Å². The molecule has 0 spiro atoms. The van der Waals surface area contributed by atoms with Gasteiger partial charge in [-0.1, -0.05) is 19.8 Å². The fourth-order valence-corrected chi connectivity index (χ4v) is 1.98. The number of carbonyl (C=O) groups excluding carboxylic acids is 1. The molecular formula is C15H24N2O4. The number of carboxylic acid groups (broad SMARTS) is 1. The number of rotatable bonds is 8. The fraction of sp³-hybridized carbons (Fsp3) is 0.600. The standard InChI is InChI=1S/C15H24N2O4/c1-4-5-6-9-17(11(2)3)15(20)16-10-12-7-8-13(21-12)14(18)19/h7-8,11H,4-6,9-10H2,1-3H3,(H,16,20)(H,18,19). The molecule has 0 fully saturated rings. The van der Waals surface area contributed by atoms with Crippen LogP contribution in [0.3, 0.4) is 0 Å². The molecule has 0 aliphatic carbocycles. The van der Waals surface area contributed by atoms with Crippen molar-refractivity contribution in [2.75, 3.05) is 6.54 Å². The van der Waals surface area contributed by atoms with E-state index >= 15 is 0 Å². The smallest absolute Gasteiger partial charge is 0.371 e. The van der Waals surface area contributed by atoms with Crippen molar-refractivity contribution in [1.82, 2.24) is 10.2 Å². The number of hydrogen-bond donors (Lipinski definition) is 2. The Labute approximate surface area is 125 Å². The molecule has 118 valence electrons. The minimum atomic E-state index is -1.11. The molecule has 0 aliphatic heterocycles. The van der Waals surface area contributed by atoms with Gasteiger partial charge in [-0.25, -0.2) is 9.59 Å². The molecular weight excluding hydrogens is 272 g/mol. The van der Waals surface area contributed by atoms with Crippen LogP contribution >= 0.6 is 0 Å². The molecule has 1 aromatic rings. The molecule has 2 N–H and O–H groups in total. The zero-order valence-corrected chi connectivity index (χ0v) is 12.9. The van der Waals surface area contributed by atoms with Gasteiger partial charge in [0.25, 0.3) is 0 Å². The van der Waals surface area contributed by atoms with Gasteiger partial charge in [-0.05, 0) is 32.4 Å². The molecule has 6 nitrogen and oxygen atoms in total. The van der Waals surface area contributed by atoms with Gasteiger partial charge in [-0.2, -0.15) is 0 Å². The molecule has 1 rings (SSSR count). The Hall–Kier alpha value is -1.98. The number of hydrogen-bond acceptors (Lipinski definition) is 3. The van der Waals surface area contributed by atoms with Crippen molar-refractivity contribution in [3.63, 3.8) is 0 Å². The molecule has 6 heteroatoms. The van der Waals surface area contributed by atoms with Crippen LogP contribution in [0.2, 0.25) is 0 Å². The molecule has 0 aromatic carbocycles. The lowest BCUT2D eigenvalue weighted by Crippen LogP contribution is -2.44. The van der Waals surface area contributed by atoms with E-state index in [1.54, 1.807) is 11.0 Å². The highest BCUT2D eigenvalue weighted by Gasteiger charge is 2.17. The first-order valence-electron chi connectivity index (χ1n) is 7.32. The summed E-state index contributed by atoms with van der Waals surface area (Å²) >= 11 is 0. The molecule has 2 amide bonds. The molecule has 0 saturated carbocycles. The van der Waals surface area contributed by atoms with Crippen molar-refractivity contribution in [3.8, 4) is 0 Å². The minimum Gasteiger partial charge on any atom is -0.475 e. The van der Waals surface area contributed by atoms with Crippen LogP contribution in [-0.2, 0) is 6.54 Å². The number of carbonyl (C=O) groups is 2. The zero-order valence-electron chi connectivity index (χ0n) is 12.9. The first-order valence-corrected chi connectivity index (χ1v) is 7.32. The Morgan fingerprint density at radius 3 is 2.57 bits per heavy atom. The Morgan fingerprint density at radius 2 is 2.05 bits per heavy atom. The third-order valence-electron chi connectivity index (χ3n) is 3.17. The van der Waals surface area contributed by atoms with Crippen LogP contribution in [0.4, 0.5) is 4.79 Å². The molecule has 0 radical (unpaired) electrons. The van der Waals surface area contributed by atoms with E-state index in [2.05, 4.69) is 12.2 Å². The quantitative estimate of drug-likeness (QED) is 0.722. The van der Waals surface area contributed by atoms with Gasteiger partial charge in [0.05, 0.1) is 6.54 Å². The number of aromatic carboxylic acids is 1. The number of amides is 2. The number of nitrogens with one attached hydrogen (secondary N) is 1. The molecule has 1 heterocycles. The highest BCUT2D eigenvalue weighted by Crippen LogP contribution is 2.08. The summed E-state index contributed by atoms with van der Waals surface area (Å²) in [6.07, 6.45) is 3.18. The summed E-state index contributed by atoms with van der Waals surface area (Å²) < 4.78 is 5.10. The average Bonchev–Trinajstić information content (AvgIpc) is 2.89. The lowest BCUT2D eigenvalue weighted by atomic mass is 10.2. The second-order valence-corrected chi connectivity index (χ2v) is 5.22. The van der Waals surface area contributed by atoms with Crippen LogP contribution in [0.1, 0.15) is 56.3 Å². The summed E-state index contributed by atoms with van der Waals surface area (Å²) in [6.45, 7) is 6.97. The van der Waals surface area contributed by atoms with Crippen molar-refractivity contribution in [2.45, 2.75) is 52.6 Å². The van der Waals surface area contributed by atoms with Gasteiger partial charge in [0.1, 0.15) is 5.76 Å². The van der Waals surface area contributed by atoms with Crippen LogP contribution in [0.15, 0.2) is 16.5 Å². The van der Waals surface area contributed by atoms with Gasteiger partial charge in [0.2, 0.25) is 5.76 Å². The highest BCUT2D eigenvalue weighted by molar-refractivity contribution is 5.84. The maximum atomic E-state index is 12.1. The Kier molecular flexibility index (Phi) is 6.78. The molecule has 0 atom stereocenters. The van der Waals surface area contributed by atoms with E-state index in [4.69, 9.17) is 9.52 Å². The summed E-state index contributed by atoms with van der Waals surface area (Å²) in [7, 11) is 0. The van der Waals surface area contributed by atoms with Crippen molar-refractivity contribution >= 4 is 12.0 Å². The maximum Gasteiger partial charge on any atom is 0.371 e. The number of urea groups is 1. The molecule has 1 aromatic heterocycles. The van der Waals surface area contributed by atoms with Gasteiger partial charge in [0, 0.05) is 12.6 Å². The average molecular weight is 296 g/mol.